The lowest BCUT2D eigenvalue weighted by atomic mass is 9.84. The Labute approximate surface area is 119 Å². The molecule has 0 aliphatic heterocycles. The fraction of sp³-hybridized carbons (Fsp3) is 0.533. The molecule has 0 aromatic carbocycles. The number of amides is 1. The molecule has 20 heavy (non-hydrogen) atoms. The Morgan fingerprint density at radius 2 is 1.65 bits per heavy atom. The number of rotatable bonds is 5. The molecule has 1 aliphatic rings. The Kier molecular flexibility index (Phi) is 5.67. The summed E-state index contributed by atoms with van der Waals surface area (Å²) in [4.78, 5) is 35.2. The van der Waals surface area contributed by atoms with Crippen molar-refractivity contribution in [2.45, 2.75) is 40.5 Å². The fourth-order valence-electron chi connectivity index (χ4n) is 2.07. The molecular weight excluding hydrogens is 258 g/mol. The highest BCUT2D eigenvalue weighted by atomic mass is 16.5. The number of nitrogens with one attached hydrogen (secondary N) is 1. The van der Waals surface area contributed by atoms with Crippen molar-refractivity contribution in [2.24, 2.45) is 0 Å². The molecule has 0 heterocycles. The van der Waals surface area contributed by atoms with Crippen LogP contribution < -0.4 is 5.32 Å². The topological polar surface area (TPSA) is 72.5 Å². The minimum Gasteiger partial charge on any atom is -0.450 e. The quantitative estimate of drug-likeness (QED) is 0.619. The van der Waals surface area contributed by atoms with Crippen LogP contribution in [0.5, 0.6) is 0 Å². The van der Waals surface area contributed by atoms with Gasteiger partial charge in [-0.3, -0.25) is 9.59 Å². The molecule has 5 heteroatoms. The van der Waals surface area contributed by atoms with E-state index in [0.717, 1.165) is 0 Å². The van der Waals surface area contributed by atoms with Gasteiger partial charge in [0.05, 0.1) is 6.61 Å². The summed E-state index contributed by atoms with van der Waals surface area (Å²) in [5.74, 6) is -0.139. The SMILES string of the molecule is CCNC(=O)OCCCC1=C(C)C(=O)C(C)=C(C)C1=O. The fourth-order valence-corrected chi connectivity index (χ4v) is 2.07. The minimum absolute atomic E-state index is 0.0678. The molecular formula is C15H21NO4. The van der Waals surface area contributed by atoms with Crippen molar-refractivity contribution in [3.63, 3.8) is 0 Å². The molecule has 0 aromatic rings. The summed E-state index contributed by atoms with van der Waals surface area (Å²) >= 11 is 0. The largest absolute Gasteiger partial charge is 0.450 e. The summed E-state index contributed by atoms with van der Waals surface area (Å²) in [7, 11) is 0. The molecule has 0 aromatic heterocycles. The van der Waals surface area contributed by atoms with Gasteiger partial charge >= 0.3 is 6.09 Å². The third kappa shape index (κ3) is 3.56. The Bertz CT molecular complexity index is 500. The summed E-state index contributed by atoms with van der Waals surface area (Å²) in [6, 6.07) is 0. The van der Waals surface area contributed by atoms with E-state index in [1.165, 1.54) is 0 Å². The van der Waals surface area contributed by atoms with E-state index in [2.05, 4.69) is 5.32 Å². The Morgan fingerprint density at radius 1 is 1.05 bits per heavy atom. The molecule has 1 amide bonds. The van der Waals surface area contributed by atoms with Gasteiger partial charge in [0.15, 0.2) is 11.6 Å². The monoisotopic (exact) mass is 279 g/mol. The molecule has 0 spiro atoms. The average molecular weight is 279 g/mol. The highest BCUT2D eigenvalue weighted by Gasteiger charge is 2.27. The minimum atomic E-state index is -0.462. The zero-order chi connectivity index (χ0) is 15.3. The number of hydrogen-bond acceptors (Lipinski definition) is 4. The van der Waals surface area contributed by atoms with Gasteiger partial charge in [-0.05, 0) is 40.5 Å². The number of carbonyl (C=O) groups excluding carboxylic acids is 3. The highest BCUT2D eigenvalue weighted by molar-refractivity contribution is 6.24. The lowest BCUT2D eigenvalue weighted by Gasteiger charge is -2.18. The van der Waals surface area contributed by atoms with E-state index in [9.17, 15) is 14.4 Å². The van der Waals surface area contributed by atoms with Gasteiger partial charge in [-0.25, -0.2) is 4.79 Å². The molecule has 0 saturated heterocycles. The third-order valence-corrected chi connectivity index (χ3v) is 3.44. The van der Waals surface area contributed by atoms with Gasteiger partial charge in [0.1, 0.15) is 0 Å². The number of carbonyl (C=O) groups is 3. The number of allylic oxidation sites excluding steroid dienone is 4. The summed E-state index contributed by atoms with van der Waals surface area (Å²) in [6.07, 6.45) is 0.506. The zero-order valence-corrected chi connectivity index (χ0v) is 12.5. The van der Waals surface area contributed by atoms with Crippen molar-refractivity contribution in [2.75, 3.05) is 13.2 Å². The van der Waals surface area contributed by atoms with Crippen LogP contribution in [0.1, 0.15) is 40.5 Å². The smallest absolute Gasteiger partial charge is 0.407 e. The number of ketones is 2. The number of Topliss-reactive ketones (excluding diaryl/α,β-unsaturated/α-hetero) is 2. The van der Waals surface area contributed by atoms with E-state index < -0.39 is 6.09 Å². The van der Waals surface area contributed by atoms with Gasteiger partial charge in [0, 0.05) is 28.8 Å². The van der Waals surface area contributed by atoms with Crippen molar-refractivity contribution in [1.82, 2.24) is 5.32 Å². The summed E-state index contributed by atoms with van der Waals surface area (Å²) in [5, 5.41) is 2.52. The van der Waals surface area contributed by atoms with E-state index in [0.29, 0.717) is 41.7 Å². The Hall–Kier alpha value is -1.91. The van der Waals surface area contributed by atoms with E-state index in [1.807, 2.05) is 0 Å². The van der Waals surface area contributed by atoms with Crippen LogP contribution in [-0.2, 0) is 14.3 Å². The summed E-state index contributed by atoms with van der Waals surface area (Å²) < 4.78 is 4.94. The van der Waals surface area contributed by atoms with Crippen LogP contribution in [0.25, 0.3) is 0 Å². The summed E-state index contributed by atoms with van der Waals surface area (Å²) in [6.45, 7) is 7.57. The maximum atomic E-state index is 12.1. The first-order valence-corrected chi connectivity index (χ1v) is 6.77. The van der Waals surface area contributed by atoms with Crippen LogP contribution in [0.15, 0.2) is 22.3 Å². The van der Waals surface area contributed by atoms with Crippen molar-refractivity contribution in [3.8, 4) is 0 Å². The van der Waals surface area contributed by atoms with Gasteiger partial charge < -0.3 is 10.1 Å². The second-order valence-electron chi connectivity index (χ2n) is 4.78. The summed E-state index contributed by atoms with van der Waals surface area (Å²) in [5.41, 5.74) is 2.09. The first-order valence-electron chi connectivity index (χ1n) is 6.77. The van der Waals surface area contributed by atoms with Gasteiger partial charge in [-0.15, -0.1) is 0 Å². The molecule has 0 saturated carbocycles. The van der Waals surface area contributed by atoms with Crippen molar-refractivity contribution >= 4 is 17.7 Å². The molecule has 0 unspecified atom stereocenters. The molecule has 0 atom stereocenters. The first-order chi connectivity index (χ1) is 9.40. The molecule has 0 bridgehead atoms. The van der Waals surface area contributed by atoms with Crippen molar-refractivity contribution in [3.05, 3.63) is 22.3 Å². The first kappa shape index (κ1) is 16.1. The van der Waals surface area contributed by atoms with Crippen LogP contribution in [-0.4, -0.2) is 30.8 Å². The van der Waals surface area contributed by atoms with Crippen molar-refractivity contribution < 1.29 is 19.1 Å². The lowest BCUT2D eigenvalue weighted by Crippen LogP contribution is -2.24. The maximum absolute atomic E-state index is 12.1. The molecule has 110 valence electrons. The molecule has 5 nitrogen and oxygen atoms in total. The molecule has 0 radical (unpaired) electrons. The van der Waals surface area contributed by atoms with Crippen LogP contribution >= 0.6 is 0 Å². The average Bonchev–Trinajstić information content (AvgIpc) is 2.42. The number of alkyl carbamates (subject to hydrolysis) is 1. The molecule has 1 rings (SSSR count). The van der Waals surface area contributed by atoms with Gasteiger partial charge in [-0.1, -0.05) is 0 Å². The lowest BCUT2D eigenvalue weighted by molar-refractivity contribution is -0.116. The van der Waals surface area contributed by atoms with Crippen LogP contribution in [0, 0.1) is 0 Å². The second-order valence-corrected chi connectivity index (χ2v) is 4.78. The molecule has 0 fully saturated rings. The van der Waals surface area contributed by atoms with Crippen LogP contribution in [0.4, 0.5) is 4.79 Å². The van der Waals surface area contributed by atoms with Gasteiger partial charge in [0.25, 0.3) is 0 Å². The van der Waals surface area contributed by atoms with E-state index in [-0.39, 0.29) is 18.2 Å². The number of ether oxygens (including phenoxy) is 1. The van der Waals surface area contributed by atoms with Crippen LogP contribution in [0.3, 0.4) is 0 Å². The van der Waals surface area contributed by atoms with E-state index in [4.69, 9.17) is 4.74 Å². The third-order valence-electron chi connectivity index (χ3n) is 3.44. The number of hydrogen-bond donors (Lipinski definition) is 1. The second kappa shape index (κ2) is 7.03. The normalized spacial score (nSPS) is 15.8. The zero-order valence-electron chi connectivity index (χ0n) is 12.5. The predicted molar refractivity (Wildman–Crippen MR) is 75.3 cm³/mol. The molecule has 1 aliphatic carbocycles. The van der Waals surface area contributed by atoms with E-state index >= 15 is 0 Å². The van der Waals surface area contributed by atoms with Crippen molar-refractivity contribution in [1.29, 1.82) is 0 Å². The maximum Gasteiger partial charge on any atom is 0.407 e. The van der Waals surface area contributed by atoms with E-state index in [1.54, 1.807) is 27.7 Å². The highest BCUT2D eigenvalue weighted by Crippen LogP contribution is 2.26. The molecule has 1 N–H and O–H groups in total. The Balaban J connectivity index is 2.58. The van der Waals surface area contributed by atoms with Gasteiger partial charge in [-0.2, -0.15) is 0 Å². The predicted octanol–water partition coefficient (Wildman–Crippen LogP) is 2.32. The van der Waals surface area contributed by atoms with Crippen LogP contribution in [0.2, 0.25) is 0 Å². The standard InChI is InChI=1S/C15H21NO4/c1-5-16-15(19)20-8-6-7-12-11(4)13(17)9(2)10(3)14(12)18/h5-8H2,1-4H3,(H,16,19). The van der Waals surface area contributed by atoms with Gasteiger partial charge in [0.2, 0.25) is 0 Å². The Morgan fingerprint density at radius 3 is 2.25 bits per heavy atom.